The molecular weight excluding hydrogens is 228 g/mol. The normalized spacial score (nSPS) is 13.9. The van der Waals surface area contributed by atoms with Gasteiger partial charge in [0.05, 0.1) is 0 Å². The molecule has 2 nitrogen and oxygen atoms in total. The van der Waals surface area contributed by atoms with E-state index < -0.39 is 0 Å². The molecule has 0 saturated carbocycles. The quantitative estimate of drug-likeness (QED) is 0.517. The van der Waals surface area contributed by atoms with Crippen LogP contribution in [-0.2, 0) is 48.6 Å². The van der Waals surface area contributed by atoms with E-state index in [-0.39, 0.29) is 39.8 Å². The van der Waals surface area contributed by atoms with E-state index in [2.05, 4.69) is 6.07 Å². The van der Waals surface area contributed by atoms with Gasteiger partial charge in [-0.2, -0.15) is 24.3 Å². The van der Waals surface area contributed by atoms with Crippen molar-refractivity contribution in [2.45, 2.75) is 6.61 Å². The summed E-state index contributed by atoms with van der Waals surface area (Å²) in [6.07, 6.45) is 0. The van der Waals surface area contributed by atoms with Crippen LogP contribution in [0.4, 0.5) is 0 Å². The van der Waals surface area contributed by atoms with Gasteiger partial charge in [0.15, 0.2) is 0 Å². The second-order valence-corrected chi connectivity index (χ2v) is 2.50. The summed E-state index contributed by atoms with van der Waals surface area (Å²) in [7, 11) is 1.48. The van der Waals surface area contributed by atoms with Crippen molar-refractivity contribution < 1.29 is 42.0 Å². The first-order chi connectivity index (χ1) is 5.42. The second-order valence-electron chi connectivity index (χ2n) is 2.50. The maximum Gasteiger partial charge on any atom is 0.467 e. The average molecular weight is 236 g/mol. The number of fused-ring (bicyclic) bond motifs is 1. The van der Waals surface area contributed by atoms with Crippen molar-refractivity contribution in [3.63, 3.8) is 0 Å². The van der Waals surface area contributed by atoms with Gasteiger partial charge >= 0.3 is 7.12 Å². The van der Waals surface area contributed by atoms with Crippen LogP contribution < -0.4 is 5.46 Å². The maximum atomic E-state index is 5.33. The van der Waals surface area contributed by atoms with Gasteiger partial charge < -0.3 is 9.31 Å². The SMILES string of the molecule is COB1OCc2c[c-]ccc21.[Y]. The van der Waals surface area contributed by atoms with Crippen molar-refractivity contribution in [2.75, 3.05) is 7.11 Å². The summed E-state index contributed by atoms with van der Waals surface area (Å²) in [5, 5.41) is 0. The molecule has 2 rings (SSSR count). The fraction of sp³-hybridized carbons (Fsp3) is 0.250. The first-order valence-electron chi connectivity index (χ1n) is 3.55. The summed E-state index contributed by atoms with van der Waals surface area (Å²) in [5.74, 6) is 0. The number of hydrogen-bond donors (Lipinski definition) is 0. The minimum Gasteiger partial charge on any atom is -0.416 e. The van der Waals surface area contributed by atoms with Crippen LogP contribution in [0.5, 0.6) is 0 Å². The van der Waals surface area contributed by atoms with Crippen LogP contribution in [0.15, 0.2) is 18.2 Å². The van der Waals surface area contributed by atoms with Crippen molar-refractivity contribution >= 4 is 12.6 Å². The molecule has 1 aliphatic rings. The van der Waals surface area contributed by atoms with Gasteiger partial charge in [0.25, 0.3) is 0 Å². The summed E-state index contributed by atoms with van der Waals surface area (Å²) in [4.78, 5) is 0. The van der Waals surface area contributed by atoms with Crippen molar-refractivity contribution in [3.8, 4) is 0 Å². The zero-order chi connectivity index (χ0) is 7.68. The Hall–Kier alpha value is 0.309. The summed E-state index contributed by atoms with van der Waals surface area (Å²) in [6.45, 7) is 0.644. The molecule has 1 aromatic rings. The predicted molar refractivity (Wildman–Crippen MR) is 42.5 cm³/mol. The van der Waals surface area contributed by atoms with Gasteiger partial charge in [-0.05, 0) is 0 Å². The Morgan fingerprint density at radius 3 is 3.25 bits per heavy atom. The molecule has 0 atom stereocenters. The maximum absolute atomic E-state index is 5.33. The van der Waals surface area contributed by atoms with E-state index in [4.69, 9.17) is 9.31 Å². The van der Waals surface area contributed by atoms with Crippen LogP contribution in [0.25, 0.3) is 0 Å². The number of rotatable bonds is 1. The summed E-state index contributed by atoms with van der Waals surface area (Å²) >= 11 is 0. The van der Waals surface area contributed by atoms with E-state index in [1.165, 1.54) is 5.56 Å². The van der Waals surface area contributed by atoms with E-state index in [1.54, 1.807) is 7.11 Å². The third-order valence-corrected chi connectivity index (χ3v) is 1.85. The minimum absolute atomic E-state index is 0. The van der Waals surface area contributed by atoms with Crippen LogP contribution >= 0.6 is 0 Å². The topological polar surface area (TPSA) is 18.5 Å². The molecule has 12 heavy (non-hydrogen) atoms. The average Bonchev–Trinajstić information content (AvgIpc) is 2.47. The second kappa shape index (κ2) is 4.52. The van der Waals surface area contributed by atoms with E-state index in [9.17, 15) is 0 Å². The van der Waals surface area contributed by atoms with Crippen LogP contribution in [0.2, 0.25) is 0 Å². The molecule has 0 fully saturated rings. The predicted octanol–water partition coefficient (Wildman–Crippen LogP) is 0.356. The fourth-order valence-electron chi connectivity index (χ4n) is 1.28. The Kier molecular flexibility index (Phi) is 3.91. The van der Waals surface area contributed by atoms with E-state index in [0.29, 0.717) is 6.61 Å². The summed E-state index contributed by atoms with van der Waals surface area (Å²) in [5.41, 5.74) is 2.31. The Morgan fingerprint density at radius 2 is 2.50 bits per heavy atom. The molecule has 4 heteroatoms. The van der Waals surface area contributed by atoms with Crippen LogP contribution in [-0.4, -0.2) is 14.2 Å². The molecule has 0 saturated heterocycles. The molecule has 0 aromatic heterocycles. The molecule has 59 valence electrons. The Labute approximate surface area is 97.7 Å². The molecule has 0 amide bonds. The van der Waals surface area contributed by atoms with Gasteiger partial charge in [-0.15, -0.1) is 11.0 Å². The van der Waals surface area contributed by atoms with Crippen molar-refractivity contribution in [3.05, 3.63) is 29.8 Å². The first kappa shape index (κ1) is 10.4. The Bertz CT molecular complexity index is 267. The minimum atomic E-state index is -0.167. The van der Waals surface area contributed by atoms with E-state index in [0.717, 1.165) is 5.46 Å². The Morgan fingerprint density at radius 1 is 1.67 bits per heavy atom. The fourth-order valence-corrected chi connectivity index (χ4v) is 1.28. The van der Waals surface area contributed by atoms with E-state index >= 15 is 0 Å². The molecule has 0 N–H and O–H groups in total. The van der Waals surface area contributed by atoms with Gasteiger partial charge in [0.2, 0.25) is 0 Å². The summed E-state index contributed by atoms with van der Waals surface area (Å²) in [6, 6.07) is 8.80. The number of benzene rings is 1. The first-order valence-corrected chi connectivity index (χ1v) is 3.55. The zero-order valence-electron chi connectivity index (χ0n) is 6.91. The molecule has 0 aliphatic carbocycles. The molecule has 1 radical (unpaired) electrons. The molecule has 1 heterocycles. The standard InChI is InChI=1S/C8H8BO2.Y/c1-10-9-8-5-3-2-4-7(8)6-11-9;/h3-5H,6H2,1H3;/q-1;. The van der Waals surface area contributed by atoms with Gasteiger partial charge in [-0.1, -0.05) is 0 Å². The molecule has 0 bridgehead atoms. The van der Waals surface area contributed by atoms with Gasteiger partial charge in [0, 0.05) is 46.4 Å². The van der Waals surface area contributed by atoms with Crippen molar-refractivity contribution in [1.82, 2.24) is 0 Å². The third kappa shape index (κ3) is 1.79. The van der Waals surface area contributed by atoms with Gasteiger partial charge in [-0.25, -0.2) is 0 Å². The molecule has 1 aromatic carbocycles. The molecule has 0 spiro atoms. The zero-order valence-corrected chi connectivity index (χ0v) is 9.75. The van der Waals surface area contributed by atoms with Crippen LogP contribution in [0, 0.1) is 6.07 Å². The molecule has 1 aliphatic heterocycles. The third-order valence-electron chi connectivity index (χ3n) is 1.85. The van der Waals surface area contributed by atoms with Crippen LogP contribution in [0.1, 0.15) is 5.56 Å². The van der Waals surface area contributed by atoms with Crippen molar-refractivity contribution in [2.24, 2.45) is 0 Å². The number of hydrogen-bond acceptors (Lipinski definition) is 2. The van der Waals surface area contributed by atoms with Crippen molar-refractivity contribution in [1.29, 1.82) is 0 Å². The summed E-state index contributed by atoms with van der Waals surface area (Å²) < 4.78 is 10.4. The monoisotopic (exact) mass is 236 g/mol. The van der Waals surface area contributed by atoms with E-state index in [1.807, 2.05) is 18.2 Å². The van der Waals surface area contributed by atoms with Gasteiger partial charge in [-0.3, -0.25) is 0 Å². The largest absolute Gasteiger partial charge is 0.467 e. The molecular formula is C8H8BO2Y-. The Balaban J connectivity index is 0.000000720. The molecule has 0 unspecified atom stereocenters. The van der Waals surface area contributed by atoms with Crippen LogP contribution in [0.3, 0.4) is 0 Å². The van der Waals surface area contributed by atoms with Gasteiger partial charge in [0.1, 0.15) is 0 Å². The smallest absolute Gasteiger partial charge is 0.416 e.